The summed E-state index contributed by atoms with van der Waals surface area (Å²) in [5.41, 5.74) is 1.08. The molecule has 2 aromatic rings. The number of benzene rings is 1. The summed E-state index contributed by atoms with van der Waals surface area (Å²) in [6, 6.07) is 10.1. The van der Waals surface area contributed by atoms with Gasteiger partial charge in [-0.3, -0.25) is 0 Å². The number of aliphatic hydroxyl groups excluding tert-OH is 2. The first-order chi connectivity index (χ1) is 8.25. The summed E-state index contributed by atoms with van der Waals surface area (Å²) in [6.45, 7) is 0.179. The van der Waals surface area contributed by atoms with Gasteiger partial charge in [0.1, 0.15) is 12.3 Å². The van der Waals surface area contributed by atoms with E-state index in [2.05, 4.69) is 0 Å². The fraction of sp³-hybridized carbons (Fsp3) is 0.385. The smallest absolute Gasteiger partial charge is 0.136 e. The van der Waals surface area contributed by atoms with E-state index in [-0.39, 0.29) is 12.8 Å². The number of aliphatic hydroxyl groups is 2. The zero-order valence-electron chi connectivity index (χ0n) is 9.36. The summed E-state index contributed by atoms with van der Waals surface area (Å²) in [5, 5.41) is 20.2. The summed E-state index contributed by atoms with van der Waals surface area (Å²) < 4.78 is 7.57. The fourth-order valence-corrected chi connectivity index (χ4v) is 2.30. The Labute approximate surface area is 99.1 Å². The van der Waals surface area contributed by atoms with Crippen LogP contribution in [0.15, 0.2) is 36.5 Å². The highest BCUT2D eigenvalue weighted by Gasteiger charge is 2.29. The predicted octanol–water partition coefficient (Wildman–Crippen LogP) is 1.28. The van der Waals surface area contributed by atoms with E-state index >= 15 is 0 Å². The topological polar surface area (TPSA) is 54.6 Å². The molecule has 2 heterocycles. The van der Waals surface area contributed by atoms with Crippen molar-refractivity contribution in [2.24, 2.45) is 0 Å². The zero-order valence-corrected chi connectivity index (χ0v) is 9.36. The molecule has 1 aromatic carbocycles. The third kappa shape index (κ3) is 1.84. The predicted molar refractivity (Wildman–Crippen MR) is 63.6 cm³/mol. The Morgan fingerprint density at radius 3 is 2.76 bits per heavy atom. The van der Waals surface area contributed by atoms with Crippen LogP contribution < -0.4 is 0 Å². The molecule has 0 saturated carbocycles. The molecule has 4 heteroatoms. The van der Waals surface area contributed by atoms with Gasteiger partial charge in [-0.2, -0.15) is 0 Å². The lowest BCUT2D eigenvalue weighted by Gasteiger charge is -2.31. The molecule has 1 aliphatic rings. The third-order valence-electron chi connectivity index (χ3n) is 3.29. The van der Waals surface area contributed by atoms with E-state index in [4.69, 9.17) is 4.74 Å². The molecule has 1 saturated heterocycles. The minimum absolute atomic E-state index is 0.179. The van der Waals surface area contributed by atoms with Gasteiger partial charge >= 0.3 is 0 Å². The first-order valence-electron chi connectivity index (χ1n) is 5.79. The van der Waals surface area contributed by atoms with E-state index < -0.39 is 12.2 Å². The zero-order chi connectivity index (χ0) is 11.8. The Hall–Kier alpha value is -1.36. The van der Waals surface area contributed by atoms with E-state index in [1.807, 2.05) is 41.1 Å². The molecular formula is C13H15NO3. The molecule has 0 amide bonds. The van der Waals surface area contributed by atoms with Gasteiger partial charge in [-0.25, -0.2) is 0 Å². The number of fused-ring (bicyclic) bond motifs is 1. The molecule has 17 heavy (non-hydrogen) atoms. The van der Waals surface area contributed by atoms with Gasteiger partial charge in [0.15, 0.2) is 0 Å². The summed E-state index contributed by atoms with van der Waals surface area (Å²) in [5.74, 6) is 0. The lowest BCUT2D eigenvalue weighted by atomic mass is 10.1. The van der Waals surface area contributed by atoms with Crippen LogP contribution in [0, 0.1) is 0 Å². The van der Waals surface area contributed by atoms with E-state index in [9.17, 15) is 10.2 Å². The molecule has 0 bridgehead atoms. The van der Waals surface area contributed by atoms with Crippen molar-refractivity contribution in [3.8, 4) is 0 Å². The highest BCUT2D eigenvalue weighted by atomic mass is 16.5. The lowest BCUT2D eigenvalue weighted by molar-refractivity contribution is -0.143. The molecule has 1 fully saturated rings. The number of ether oxygens (including phenoxy) is 1. The summed E-state index contributed by atoms with van der Waals surface area (Å²) in [7, 11) is 0. The van der Waals surface area contributed by atoms with Gasteiger partial charge in [0.05, 0.1) is 18.2 Å². The van der Waals surface area contributed by atoms with Crippen molar-refractivity contribution in [3.05, 3.63) is 36.5 Å². The normalized spacial score (nSPS) is 29.6. The summed E-state index contributed by atoms with van der Waals surface area (Å²) in [4.78, 5) is 0. The maximum absolute atomic E-state index is 9.68. The lowest BCUT2D eigenvalue weighted by Crippen LogP contribution is -2.39. The Morgan fingerprint density at radius 1 is 1.12 bits per heavy atom. The molecular weight excluding hydrogens is 218 g/mol. The van der Waals surface area contributed by atoms with Crippen molar-refractivity contribution in [3.63, 3.8) is 0 Å². The van der Waals surface area contributed by atoms with Crippen molar-refractivity contribution in [2.75, 3.05) is 6.61 Å². The number of rotatable bonds is 1. The quantitative estimate of drug-likeness (QED) is 0.780. The first kappa shape index (κ1) is 10.8. The third-order valence-corrected chi connectivity index (χ3v) is 3.29. The van der Waals surface area contributed by atoms with Crippen molar-refractivity contribution >= 4 is 10.9 Å². The monoisotopic (exact) mass is 233 g/mol. The molecule has 0 unspecified atom stereocenters. The highest BCUT2D eigenvalue weighted by Crippen LogP contribution is 2.27. The second-order valence-electron chi connectivity index (χ2n) is 4.44. The van der Waals surface area contributed by atoms with Crippen molar-refractivity contribution in [1.82, 2.24) is 4.57 Å². The average Bonchev–Trinajstić information content (AvgIpc) is 2.76. The van der Waals surface area contributed by atoms with Crippen LogP contribution in [0.4, 0.5) is 0 Å². The van der Waals surface area contributed by atoms with Crippen molar-refractivity contribution < 1.29 is 14.9 Å². The molecule has 0 aliphatic carbocycles. The van der Waals surface area contributed by atoms with Gasteiger partial charge in [-0.15, -0.1) is 0 Å². The number of nitrogens with zero attached hydrogens (tertiary/aromatic N) is 1. The van der Waals surface area contributed by atoms with E-state index in [0.29, 0.717) is 6.42 Å². The maximum Gasteiger partial charge on any atom is 0.136 e. The highest BCUT2D eigenvalue weighted by molar-refractivity contribution is 5.80. The second-order valence-corrected chi connectivity index (χ2v) is 4.44. The molecule has 0 spiro atoms. The largest absolute Gasteiger partial charge is 0.390 e. The number of aromatic nitrogens is 1. The Morgan fingerprint density at radius 2 is 1.94 bits per heavy atom. The SMILES string of the molecule is O[C@@H]1CO[C@H](n2ccc3ccccc32)C[C@@H]1O. The van der Waals surface area contributed by atoms with Gasteiger partial charge in [0, 0.05) is 12.6 Å². The van der Waals surface area contributed by atoms with E-state index in [1.54, 1.807) is 0 Å². The minimum atomic E-state index is -0.770. The number of para-hydroxylation sites is 1. The first-order valence-corrected chi connectivity index (χ1v) is 5.79. The standard InChI is InChI=1S/C13H15NO3/c15-11-7-13(17-8-12(11)16)14-6-5-9-3-1-2-4-10(9)14/h1-6,11-13,15-16H,7-8H2/t11-,12+,13-/m0/s1. The summed E-state index contributed by atoms with van der Waals surface area (Å²) >= 11 is 0. The van der Waals surface area contributed by atoms with Gasteiger partial charge in [-0.05, 0) is 17.5 Å². The molecule has 1 aromatic heterocycles. The van der Waals surface area contributed by atoms with Crippen molar-refractivity contribution in [2.45, 2.75) is 24.9 Å². The van der Waals surface area contributed by atoms with Crippen molar-refractivity contribution in [1.29, 1.82) is 0 Å². The van der Waals surface area contributed by atoms with Gasteiger partial charge < -0.3 is 19.5 Å². The van der Waals surface area contributed by atoms with Crippen LogP contribution in [0.25, 0.3) is 10.9 Å². The second kappa shape index (κ2) is 4.14. The van der Waals surface area contributed by atoms with Gasteiger partial charge in [0.2, 0.25) is 0 Å². The van der Waals surface area contributed by atoms with Crippen LogP contribution in [0.2, 0.25) is 0 Å². The van der Waals surface area contributed by atoms with E-state index in [1.165, 1.54) is 0 Å². The maximum atomic E-state index is 9.68. The van der Waals surface area contributed by atoms with Gasteiger partial charge in [-0.1, -0.05) is 18.2 Å². The molecule has 0 radical (unpaired) electrons. The summed E-state index contributed by atoms with van der Waals surface area (Å²) in [6.07, 6.45) is 0.691. The molecule has 90 valence electrons. The molecule has 4 nitrogen and oxygen atoms in total. The van der Waals surface area contributed by atoms with Crippen LogP contribution in [-0.2, 0) is 4.74 Å². The molecule has 3 atom stereocenters. The van der Waals surface area contributed by atoms with Gasteiger partial charge in [0.25, 0.3) is 0 Å². The minimum Gasteiger partial charge on any atom is -0.390 e. The molecule has 1 aliphatic heterocycles. The Bertz CT molecular complexity index is 522. The Balaban J connectivity index is 1.94. The van der Waals surface area contributed by atoms with Crippen LogP contribution in [-0.4, -0.2) is 33.6 Å². The number of hydrogen-bond acceptors (Lipinski definition) is 3. The Kier molecular flexibility index (Phi) is 2.63. The van der Waals surface area contributed by atoms with Crippen LogP contribution >= 0.6 is 0 Å². The average molecular weight is 233 g/mol. The van der Waals surface area contributed by atoms with Crippen LogP contribution in [0.3, 0.4) is 0 Å². The molecule has 3 rings (SSSR count). The fourth-order valence-electron chi connectivity index (χ4n) is 2.30. The molecule has 2 N–H and O–H groups in total. The van der Waals surface area contributed by atoms with Crippen LogP contribution in [0.1, 0.15) is 12.6 Å². The number of hydrogen-bond donors (Lipinski definition) is 2. The van der Waals surface area contributed by atoms with Crippen LogP contribution in [0.5, 0.6) is 0 Å². The van der Waals surface area contributed by atoms with E-state index in [0.717, 1.165) is 10.9 Å².